The van der Waals surface area contributed by atoms with Crippen LogP contribution in [0.1, 0.15) is 12.5 Å². The van der Waals surface area contributed by atoms with Crippen molar-refractivity contribution in [1.82, 2.24) is 0 Å². The van der Waals surface area contributed by atoms with Crippen molar-refractivity contribution in [3.63, 3.8) is 0 Å². The van der Waals surface area contributed by atoms with Crippen LogP contribution < -0.4 is 0 Å². The van der Waals surface area contributed by atoms with E-state index >= 15 is 0 Å². The molecule has 1 heterocycles. The van der Waals surface area contributed by atoms with Gasteiger partial charge >= 0.3 is 0 Å². The average molecular weight is 367 g/mol. The molecule has 0 fully saturated rings. The molecule has 1 aromatic carbocycles. The number of benzene rings is 1. The summed E-state index contributed by atoms with van der Waals surface area (Å²) in [6, 6.07) is 6.49. The van der Waals surface area contributed by atoms with Crippen molar-refractivity contribution in [2.75, 3.05) is 0 Å². The molecule has 0 saturated heterocycles. The van der Waals surface area contributed by atoms with E-state index in [1.54, 1.807) is 0 Å². The van der Waals surface area contributed by atoms with Gasteiger partial charge in [0.15, 0.2) is 0 Å². The Morgan fingerprint density at radius 3 is 2.92 bits per heavy atom. The highest BCUT2D eigenvalue weighted by atomic mass is 127. The quantitative estimate of drug-likeness (QED) is 0.634. The van der Waals surface area contributed by atoms with Gasteiger partial charge in [-0.1, -0.05) is 19.1 Å². The van der Waals surface area contributed by atoms with Crippen LogP contribution in [-0.2, 0) is 6.42 Å². The molecule has 0 atom stereocenters. The molecule has 0 nitrogen and oxygen atoms in total. The Labute approximate surface area is 104 Å². The van der Waals surface area contributed by atoms with E-state index in [1.807, 2.05) is 11.3 Å². The molecule has 0 spiro atoms. The summed E-state index contributed by atoms with van der Waals surface area (Å²) < 4.78 is 4.04. The van der Waals surface area contributed by atoms with Gasteiger partial charge in [0.25, 0.3) is 0 Å². The Bertz CT molecular complexity index is 447. The van der Waals surface area contributed by atoms with Gasteiger partial charge in [0.2, 0.25) is 0 Å². The van der Waals surface area contributed by atoms with Gasteiger partial charge in [0.05, 0.1) is 3.79 Å². The van der Waals surface area contributed by atoms with E-state index in [1.165, 1.54) is 23.0 Å². The molecule has 2 rings (SSSR count). The fourth-order valence-corrected chi connectivity index (χ4v) is 4.27. The van der Waals surface area contributed by atoms with Crippen LogP contribution in [0.3, 0.4) is 0 Å². The molecular weight excluding hydrogens is 359 g/mol. The van der Waals surface area contributed by atoms with Crippen LogP contribution in [0.2, 0.25) is 0 Å². The van der Waals surface area contributed by atoms with Gasteiger partial charge in [-0.3, -0.25) is 0 Å². The summed E-state index contributed by atoms with van der Waals surface area (Å²) in [5.74, 6) is 0. The van der Waals surface area contributed by atoms with E-state index in [2.05, 4.69) is 63.6 Å². The van der Waals surface area contributed by atoms with E-state index < -0.39 is 0 Å². The van der Waals surface area contributed by atoms with Gasteiger partial charge in [-0.15, -0.1) is 11.3 Å². The number of halogens is 2. The first-order valence-corrected chi connectivity index (χ1v) is 6.78. The molecule has 0 bridgehead atoms. The lowest BCUT2D eigenvalue weighted by atomic mass is 10.1. The SMILES string of the molecule is CCc1c(Br)sc2c(I)cccc12. The highest BCUT2D eigenvalue weighted by molar-refractivity contribution is 14.1. The molecule has 0 radical (unpaired) electrons. The number of hydrogen-bond acceptors (Lipinski definition) is 1. The predicted octanol–water partition coefficient (Wildman–Crippen LogP) is 4.83. The van der Waals surface area contributed by atoms with Crippen molar-refractivity contribution >= 4 is 59.9 Å². The number of rotatable bonds is 1. The van der Waals surface area contributed by atoms with E-state index in [0.717, 1.165) is 6.42 Å². The highest BCUT2D eigenvalue weighted by Crippen LogP contribution is 2.37. The zero-order valence-electron chi connectivity index (χ0n) is 7.10. The van der Waals surface area contributed by atoms with Crippen LogP contribution in [0.25, 0.3) is 10.1 Å². The van der Waals surface area contributed by atoms with Crippen LogP contribution in [0.15, 0.2) is 22.0 Å². The molecule has 0 aliphatic carbocycles. The van der Waals surface area contributed by atoms with E-state index in [0.29, 0.717) is 0 Å². The number of aryl methyl sites for hydroxylation is 1. The minimum atomic E-state index is 1.10. The molecular formula is C10H8BrIS. The van der Waals surface area contributed by atoms with Crippen LogP contribution in [-0.4, -0.2) is 0 Å². The molecule has 1 aromatic heterocycles. The van der Waals surface area contributed by atoms with Crippen molar-refractivity contribution in [3.05, 3.63) is 31.1 Å². The van der Waals surface area contributed by atoms with Crippen molar-refractivity contribution in [3.8, 4) is 0 Å². The first kappa shape index (κ1) is 9.93. The number of fused-ring (bicyclic) bond motifs is 1. The monoisotopic (exact) mass is 366 g/mol. The van der Waals surface area contributed by atoms with E-state index in [4.69, 9.17) is 0 Å². The topological polar surface area (TPSA) is 0 Å². The smallest absolute Gasteiger partial charge is 0.0743 e. The van der Waals surface area contributed by atoms with E-state index in [-0.39, 0.29) is 0 Å². The maximum Gasteiger partial charge on any atom is 0.0743 e. The third-order valence-corrected chi connectivity index (χ3v) is 5.37. The maximum atomic E-state index is 3.62. The number of hydrogen-bond donors (Lipinski definition) is 0. The second kappa shape index (κ2) is 3.87. The van der Waals surface area contributed by atoms with Crippen LogP contribution in [0.5, 0.6) is 0 Å². The summed E-state index contributed by atoms with van der Waals surface area (Å²) in [4.78, 5) is 0. The molecule has 3 heteroatoms. The largest absolute Gasteiger partial charge is 0.127 e. The minimum Gasteiger partial charge on any atom is -0.127 e. The lowest BCUT2D eigenvalue weighted by Gasteiger charge is -1.95. The third kappa shape index (κ3) is 1.66. The molecule has 0 aliphatic rings. The van der Waals surface area contributed by atoms with Gasteiger partial charge in [-0.25, -0.2) is 0 Å². The van der Waals surface area contributed by atoms with Crippen LogP contribution in [0, 0.1) is 3.57 Å². The first-order chi connectivity index (χ1) is 6.24. The van der Waals surface area contributed by atoms with Crippen molar-refractivity contribution in [1.29, 1.82) is 0 Å². The zero-order valence-corrected chi connectivity index (χ0v) is 11.7. The fourth-order valence-electron chi connectivity index (χ4n) is 1.44. The predicted molar refractivity (Wildman–Crippen MR) is 71.6 cm³/mol. The molecule has 0 unspecified atom stereocenters. The minimum absolute atomic E-state index is 1.10. The summed E-state index contributed by atoms with van der Waals surface area (Å²) in [6.07, 6.45) is 1.10. The zero-order chi connectivity index (χ0) is 9.42. The Hall–Kier alpha value is 0.390. The first-order valence-electron chi connectivity index (χ1n) is 4.09. The van der Waals surface area contributed by atoms with Crippen molar-refractivity contribution in [2.24, 2.45) is 0 Å². The molecule has 68 valence electrons. The Kier molecular flexibility index (Phi) is 2.95. The second-order valence-electron chi connectivity index (χ2n) is 2.82. The molecule has 0 amide bonds. The molecule has 0 saturated carbocycles. The lowest BCUT2D eigenvalue weighted by molar-refractivity contribution is 1.16. The standard InChI is InChI=1S/C10H8BrIS/c1-2-6-7-4-3-5-8(12)9(7)13-10(6)11/h3-5H,2H2,1H3. The maximum absolute atomic E-state index is 3.62. The Morgan fingerprint density at radius 1 is 1.46 bits per heavy atom. The van der Waals surface area contributed by atoms with E-state index in [9.17, 15) is 0 Å². The van der Waals surface area contributed by atoms with Gasteiger partial charge in [0, 0.05) is 8.27 Å². The molecule has 2 aromatic rings. The normalized spacial score (nSPS) is 11.0. The summed E-state index contributed by atoms with van der Waals surface area (Å²) in [5.41, 5.74) is 1.44. The highest BCUT2D eigenvalue weighted by Gasteiger charge is 2.09. The summed E-state index contributed by atoms with van der Waals surface area (Å²) >= 11 is 7.85. The Morgan fingerprint density at radius 2 is 2.23 bits per heavy atom. The lowest BCUT2D eigenvalue weighted by Crippen LogP contribution is -1.77. The van der Waals surface area contributed by atoms with Crippen LogP contribution >= 0.6 is 49.9 Å². The number of thiophene rings is 1. The van der Waals surface area contributed by atoms with Gasteiger partial charge < -0.3 is 0 Å². The molecule has 0 N–H and O–H groups in total. The van der Waals surface area contributed by atoms with Gasteiger partial charge in [0.1, 0.15) is 0 Å². The molecule has 0 aliphatic heterocycles. The summed E-state index contributed by atoms with van der Waals surface area (Å²) in [6.45, 7) is 2.20. The Balaban J connectivity index is 2.86. The van der Waals surface area contributed by atoms with Crippen molar-refractivity contribution < 1.29 is 0 Å². The van der Waals surface area contributed by atoms with Gasteiger partial charge in [-0.2, -0.15) is 0 Å². The fraction of sp³-hybridized carbons (Fsp3) is 0.200. The summed E-state index contributed by atoms with van der Waals surface area (Å²) in [7, 11) is 0. The third-order valence-electron chi connectivity index (χ3n) is 2.07. The van der Waals surface area contributed by atoms with Crippen LogP contribution in [0.4, 0.5) is 0 Å². The summed E-state index contributed by atoms with van der Waals surface area (Å²) in [5, 5.41) is 1.41. The molecule has 13 heavy (non-hydrogen) atoms. The van der Waals surface area contributed by atoms with Gasteiger partial charge in [-0.05, 0) is 62.0 Å². The average Bonchev–Trinajstić information content (AvgIpc) is 2.43. The van der Waals surface area contributed by atoms with Crippen molar-refractivity contribution in [2.45, 2.75) is 13.3 Å². The second-order valence-corrected chi connectivity index (χ2v) is 6.33.